The number of carbonyl (C=O) groups excluding carboxylic acids is 1. The highest BCUT2D eigenvalue weighted by Crippen LogP contribution is 2.14. The van der Waals surface area contributed by atoms with Gasteiger partial charge in [0.2, 0.25) is 0 Å². The number of carboxylic acid groups (broad SMARTS) is 1. The highest BCUT2D eigenvalue weighted by atomic mass is 16.6. The van der Waals surface area contributed by atoms with E-state index in [0.29, 0.717) is 16.8 Å². The van der Waals surface area contributed by atoms with Gasteiger partial charge in [-0.1, -0.05) is 12.1 Å². The normalized spacial score (nSPS) is 11.1. The summed E-state index contributed by atoms with van der Waals surface area (Å²) in [5.41, 5.74) is 8.53. The molecule has 2 rings (SSSR count). The Labute approximate surface area is 168 Å². The monoisotopic (exact) mass is 398 g/mol. The Balaban J connectivity index is 0.000000291. The summed E-state index contributed by atoms with van der Waals surface area (Å²) in [6, 6.07) is 13.0. The number of non-ortho nitro benzene ring substituents is 1. The molecule has 0 unspecified atom stereocenters. The minimum absolute atomic E-state index is 0.0138. The zero-order valence-corrected chi connectivity index (χ0v) is 16.3. The summed E-state index contributed by atoms with van der Waals surface area (Å²) in [5, 5.41) is 18.9. The van der Waals surface area contributed by atoms with Gasteiger partial charge in [0, 0.05) is 29.0 Å². The number of esters is 1. The highest BCUT2D eigenvalue weighted by molar-refractivity contribution is 5.93. The quantitative estimate of drug-likeness (QED) is 0.256. The molecule has 0 spiro atoms. The molecule has 29 heavy (non-hydrogen) atoms. The molecule has 0 bridgehead atoms. The molecule has 0 fully saturated rings. The van der Waals surface area contributed by atoms with Gasteiger partial charge in [0.05, 0.1) is 12.0 Å². The predicted molar refractivity (Wildman–Crippen MR) is 111 cm³/mol. The number of methoxy groups -OCH3 is 1. The zero-order chi connectivity index (χ0) is 22.0. The molecule has 0 saturated heterocycles. The number of nitro groups is 1. The molecule has 8 heteroatoms. The lowest BCUT2D eigenvalue weighted by molar-refractivity contribution is -0.384. The average Bonchev–Trinajstić information content (AvgIpc) is 2.69. The van der Waals surface area contributed by atoms with Gasteiger partial charge in [0.15, 0.2) is 0 Å². The van der Waals surface area contributed by atoms with E-state index < -0.39 is 10.9 Å². The van der Waals surface area contributed by atoms with Gasteiger partial charge in [-0.15, -0.1) is 0 Å². The fourth-order valence-corrected chi connectivity index (χ4v) is 2.07. The largest absolute Gasteiger partial charge is 0.478 e. The number of hydrogen-bond acceptors (Lipinski definition) is 6. The second-order valence-corrected chi connectivity index (χ2v) is 5.97. The maximum Gasteiger partial charge on any atom is 0.333 e. The van der Waals surface area contributed by atoms with Crippen molar-refractivity contribution in [3.8, 4) is 0 Å². The SMILES string of the molecule is C/C(=C\c1ccc([N+](=O)[O-])cc1)C(=O)O.COC(=O)/C(C)=C/c1ccc(N)cc1. The lowest BCUT2D eigenvalue weighted by Crippen LogP contribution is -2.00. The van der Waals surface area contributed by atoms with Crippen LogP contribution in [0.4, 0.5) is 11.4 Å². The summed E-state index contributed by atoms with van der Waals surface area (Å²) in [6.45, 7) is 3.17. The number of aliphatic carboxylic acids is 1. The van der Waals surface area contributed by atoms with Gasteiger partial charge in [0.25, 0.3) is 5.69 Å². The van der Waals surface area contributed by atoms with Crippen molar-refractivity contribution >= 4 is 35.5 Å². The van der Waals surface area contributed by atoms with E-state index in [9.17, 15) is 19.7 Å². The fraction of sp³-hybridized carbons (Fsp3) is 0.143. The molecule has 2 aromatic carbocycles. The second kappa shape index (κ2) is 11.0. The average molecular weight is 398 g/mol. The lowest BCUT2D eigenvalue weighted by atomic mass is 10.1. The smallest absolute Gasteiger partial charge is 0.333 e. The third kappa shape index (κ3) is 8.08. The number of nitrogens with two attached hydrogens (primary N) is 1. The van der Waals surface area contributed by atoms with Gasteiger partial charge in [0.1, 0.15) is 0 Å². The van der Waals surface area contributed by atoms with Crippen LogP contribution in [-0.4, -0.2) is 29.1 Å². The number of carbonyl (C=O) groups is 2. The third-order valence-corrected chi connectivity index (χ3v) is 3.65. The van der Waals surface area contributed by atoms with Gasteiger partial charge in [-0.3, -0.25) is 10.1 Å². The van der Waals surface area contributed by atoms with Crippen LogP contribution in [0.5, 0.6) is 0 Å². The maximum atomic E-state index is 11.1. The van der Waals surface area contributed by atoms with Crippen molar-refractivity contribution in [1.29, 1.82) is 0 Å². The van der Waals surface area contributed by atoms with Gasteiger partial charge in [-0.2, -0.15) is 0 Å². The molecule has 0 heterocycles. The number of nitro benzene ring substituents is 1. The number of benzene rings is 2. The number of ether oxygens (including phenoxy) is 1. The minimum atomic E-state index is -1.01. The lowest BCUT2D eigenvalue weighted by Gasteiger charge is -1.99. The molecule has 0 aliphatic carbocycles. The number of anilines is 1. The number of rotatable bonds is 5. The van der Waals surface area contributed by atoms with Crippen LogP contribution in [0, 0.1) is 10.1 Å². The predicted octanol–water partition coefficient (Wildman–Crippen LogP) is 3.93. The van der Waals surface area contributed by atoms with Crippen molar-refractivity contribution in [2.45, 2.75) is 13.8 Å². The van der Waals surface area contributed by atoms with Crippen molar-refractivity contribution in [2.24, 2.45) is 0 Å². The van der Waals surface area contributed by atoms with E-state index in [1.807, 2.05) is 12.1 Å². The van der Waals surface area contributed by atoms with E-state index >= 15 is 0 Å². The van der Waals surface area contributed by atoms with Crippen molar-refractivity contribution in [2.75, 3.05) is 12.8 Å². The van der Waals surface area contributed by atoms with E-state index in [0.717, 1.165) is 5.56 Å². The first-order valence-electron chi connectivity index (χ1n) is 8.42. The Morgan fingerprint density at radius 1 is 0.966 bits per heavy atom. The Kier molecular flexibility index (Phi) is 8.78. The van der Waals surface area contributed by atoms with Crippen molar-refractivity contribution in [3.63, 3.8) is 0 Å². The molecule has 3 N–H and O–H groups in total. The van der Waals surface area contributed by atoms with Crippen molar-refractivity contribution in [1.82, 2.24) is 0 Å². The van der Waals surface area contributed by atoms with Crippen LogP contribution in [0.2, 0.25) is 0 Å². The molecule has 0 radical (unpaired) electrons. The molecule has 0 aliphatic heterocycles. The van der Waals surface area contributed by atoms with Crippen LogP contribution in [0.1, 0.15) is 25.0 Å². The molecule has 0 saturated carbocycles. The van der Waals surface area contributed by atoms with Gasteiger partial charge >= 0.3 is 11.9 Å². The van der Waals surface area contributed by atoms with E-state index in [4.69, 9.17) is 10.8 Å². The van der Waals surface area contributed by atoms with Gasteiger partial charge in [-0.25, -0.2) is 9.59 Å². The molecule has 0 amide bonds. The summed E-state index contributed by atoms with van der Waals surface area (Å²) in [6.07, 6.45) is 3.21. The Morgan fingerprint density at radius 3 is 1.83 bits per heavy atom. The number of carboxylic acids is 1. The van der Waals surface area contributed by atoms with Crippen LogP contribution in [0.15, 0.2) is 59.7 Å². The highest BCUT2D eigenvalue weighted by Gasteiger charge is 2.04. The molecular weight excluding hydrogens is 376 g/mol. The summed E-state index contributed by atoms with van der Waals surface area (Å²) < 4.78 is 4.58. The van der Waals surface area contributed by atoms with Crippen LogP contribution in [0.25, 0.3) is 12.2 Å². The standard InChI is InChI=1S/C11H13NO2.C10H9NO4/c1-8(11(13)14-2)7-9-3-5-10(12)6-4-9;1-7(10(12)13)6-8-2-4-9(5-3-8)11(14)15/h3-7H,12H2,1-2H3;2-6H,1H3,(H,12,13)/b8-7+;7-6+. The minimum Gasteiger partial charge on any atom is -0.478 e. The van der Waals surface area contributed by atoms with Crippen molar-refractivity contribution in [3.05, 3.63) is 80.9 Å². The molecule has 152 valence electrons. The van der Waals surface area contributed by atoms with E-state index in [1.165, 1.54) is 44.4 Å². The zero-order valence-electron chi connectivity index (χ0n) is 16.3. The Hall–Kier alpha value is -3.94. The first-order chi connectivity index (χ1) is 13.6. The Morgan fingerprint density at radius 2 is 1.41 bits per heavy atom. The first kappa shape index (κ1) is 23.1. The van der Waals surface area contributed by atoms with Crippen LogP contribution in [0.3, 0.4) is 0 Å². The summed E-state index contributed by atoms with van der Waals surface area (Å²) >= 11 is 0. The van der Waals surface area contributed by atoms with E-state index in [1.54, 1.807) is 25.1 Å². The summed E-state index contributed by atoms with van der Waals surface area (Å²) in [7, 11) is 1.36. The van der Waals surface area contributed by atoms with Gasteiger partial charge < -0.3 is 15.6 Å². The third-order valence-electron chi connectivity index (χ3n) is 3.65. The Bertz CT molecular complexity index is 929. The second-order valence-electron chi connectivity index (χ2n) is 5.97. The topological polar surface area (TPSA) is 133 Å². The molecule has 0 aromatic heterocycles. The molecule has 8 nitrogen and oxygen atoms in total. The van der Waals surface area contributed by atoms with Gasteiger partial charge in [-0.05, 0) is 61.4 Å². The number of hydrogen-bond donors (Lipinski definition) is 2. The van der Waals surface area contributed by atoms with Crippen LogP contribution < -0.4 is 5.73 Å². The summed E-state index contributed by atoms with van der Waals surface area (Å²) in [5.74, 6) is -1.32. The molecular formula is C21H22N2O6. The van der Waals surface area contributed by atoms with E-state index in [2.05, 4.69) is 4.74 Å². The first-order valence-corrected chi connectivity index (χ1v) is 8.42. The molecule has 2 aromatic rings. The summed E-state index contributed by atoms with van der Waals surface area (Å²) in [4.78, 5) is 31.4. The van der Waals surface area contributed by atoms with E-state index in [-0.39, 0.29) is 17.2 Å². The van der Waals surface area contributed by atoms with Crippen molar-refractivity contribution < 1.29 is 24.4 Å². The molecule has 0 aliphatic rings. The van der Waals surface area contributed by atoms with Crippen LogP contribution in [-0.2, 0) is 14.3 Å². The fourth-order valence-electron chi connectivity index (χ4n) is 2.07. The molecule has 0 atom stereocenters. The number of nitrogen functional groups attached to an aromatic ring is 1. The number of nitrogens with zero attached hydrogens (tertiary/aromatic N) is 1. The van der Waals surface area contributed by atoms with Crippen LogP contribution >= 0.6 is 0 Å². The maximum absolute atomic E-state index is 11.1.